The van der Waals surface area contributed by atoms with Crippen molar-refractivity contribution in [1.82, 2.24) is 9.55 Å². The van der Waals surface area contributed by atoms with Crippen molar-refractivity contribution in [2.75, 3.05) is 19.0 Å². The lowest BCUT2D eigenvalue weighted by Gasteiger charge is -2.14. The Balaban J connectivity index is 1.56. The highest BCUT2D eigenvalue weighted by atomic mass is 16.6. The minimum Gasteiger partial charge on any atom is -0.466 e. The first-order valence-electron chi connectivity index (χ1n) is 13.1. The van der Waals surface area contributed by atoms with Gasteiger partial charge in [0.15, 0.2) is 0 Å². The fourth-order valence-corrected chi connectivity index (χ4v) is 3.91. The van der Waals surface area contributed by atoms with Crippen molar-refractivity contribution in [2.24, 2.45) is 0 Å². The van der Waals surface area contributed by atoms with E-state index in [1.807, 2.05) is 6.07 Å². The molecule has 44 heavy (non-hydrogen) atoms. The van der Waals surface area contributed by atoms with Crippen LogP contribution in [0.4, 0.5) is 16.2 Å². The predicted molar refractivity (Wildman–Crippen MR) is 158 cm³/mol. The molecule has 224 valence electrons. The van der Waals surface area contributed by atoms with E-state index in [9.17, 15) is 29.3 Å². The van der Waals surface area contributed by atoms with Crippen LogP contribution in [0, 0.1) is 10.1 Å². The fraction of sp³-hybridized carbons (Fsp3) is 0.129. The summed E-state index contributed by atoms with van der Waals surface area (Å²) in [4.78, 5) is 65.6. The Hall–Kier alpha value is -6.11. The lowest BCUT2D eigenvalue weighted by molar-refractivity contribution is -0.384. The SMILES string of the molecule is COC(=O)/C(=C/Cn1c(-c2ccccc2)ncc(NC(=O)OCc2ccccc2)c1=O)COC(=O)c1ccc([N+](=O)[O-])cc1. The van der Waals surface area contributed by atoms with E-state index in [4.69, 9.17) is 14.2 Å². The summed E-state index contributed by atoms with van der Waals surface area (Å²) in [6, 6.07) is 22.5. The van der Waals surface area contributed by atoms with Gasteiger partial charge in [-0.1, -0.05) is 66.7 Å². The van der Waals surface area contributed by atoms with Crippen molar-refractivity contribution in [3.63, 3.8) is 0 Å². The van der Waals surface area contributed by atoms with Crippen molar-refractivity contribution in [3.8, 4) is 11.4 Å². The van der Waals surface area contributed by atoms with Crippen LogP contribution in [0.2, 0.25) is 0 Å². The van der Waals surface area contributed by atoms with Crippen LogP contribution in [0.3, 0.4) is 0 Å². The molecular weight excluding hydrogens is 572 g/mol. The molecule has 0 atom stereocenters. The number of esters is 2. The summed E-state index contributed by atoms with van der Waals surface area (Å²) in [6.07, 6.45) is 1.68. The van der Waals surface area contributed by atoms with E-state index in [1.165, 1.54) is 29.0 Å². The molecule has 0 bridgehead atoms. The maximum absolute atomic E-state index is 13.5. The van der Waals surface area contributed by atoms with Crippen molar-refractivity contribution < 1.29 is 33.5 Å². The minimum absolute atomic E-state index is 0.0137. The minimum atomic E-state index is -0.865. The van der Waals surface area contributed by atoms with Crippen LogP contribution in [0.1, 0.15) is 15.9 Å². The number of anilines is 1. The van der Waals surface area contributed by atoms with E-state index < -0.39 is 35.1 Å². The van der Waals surface area contributed by atoms with Crippen LogP contribution < -0.4 is 10.9 Å². The van der Waals surface area contributed by atoms with E-state index >= 15 is 0 Å². The second kappa shape index (κ2) is 14.7. The third kappa shape index (κ3) is 8.00. The number of carbonyl (C=O) groups is 3. The smallest absolute Gasteiger partial charge is 0.412 e. The molecule has 3 aromatic carbocycles. The standard InChI is InChI=1S/C31H26N4O9/c1-42-29(37)24(20-43-30(38)23-12-14-25(15-13-23)35(40)41)16-17-34-27(22-10-6-3-7-11-22)32-18-26(28(34)36)33-31(39)44-19-21-8-4-2-5-9-21/h2-16,18H,17,19-20H2,1H3,(H,33,39)/b24-16+. The number of carbonyl (C=O) groups excluding carboxylic acids is 3. The summed E-state index contributed by atoms with van der Waals surface area (Å²) in [5, 5.41) is 13.3. The molecule has 0 saturated heterocycles. The monoisotopic (exact) mass is 598 g/mol. The van der Waals surface area contributed by atoms with E-state index in [2.05, 4.69) is 10.3 Å². The van der Waals surface area contributed by atoms with Crippen LogP contribution in [0.25, 0.3) is 11.4 Å². The van der Waals surface area contributed by atoms with Gasteiger partial charge >= 0.3 is 18.0 Å². The molecule has 1 heterocycles. The maximum Gasteiger partial charge on any atom is 0.412 e. The molecular formula is C31H26N4O9. The summed E-state index contributed by atoms with van der Waals surface area (Å²) in [5.74, 6) is -1.41. The Bertz CT molecular complexity index is 1740. The van der Waals surface area contributed by atoms with Gasteiger partial charge in [-0.3, -0.25) is 24.8 Å². The molecule has 1 aromatic heterocycles. The zero-order chi connectivity index (χ0) is 31.5. The number of rotatable bonds is 11. The number of hydrogen-bond acceptors (Lipinski definition) is 10. The Morgan fingerprint density at radius 2 is 1.61 bits per heavy atom. The van der Waals surface area contributed by atoms with Crippen LogP contribution >= 0.6 is 0 Å². The molecule has 0 spiro atoms. The Labute approximate surface area is 250 Å². The summed E-state index contributed by atoms with van der Waals surface area (Å²) in [5.41, 5.74) is 0.275. The number of amides is 1. The second-order valence-corrected chi connectivity index (χ2v) is 9.07. The molecule has 1 N–H and O–H groups in total. The summed E-state index contributed by atoms with van der Waals surface area (Å²) >= 11 is 0. The maximum atomic E-state index is 13.5. The first kappa shape index (κ1) is 30.8. The van der Waals surface area contributed by atoms with Crippen molar-refractivity contribution in [3.05, 3.63) is 134 Å². The number of nitro groups is 1. The van der Waals surface area contributed by atoms with Crippen molar-refractivity contribution in [1.29, 1.82) is 0 Å². The Morgan fingerprint density at radius 1 is 0.955 bits per heavy atom. The summed E-state index contributed by atoms with van der Waals surface area (Å²) < 4.78 is 16.5. The zero-order valence-electron chi connectivity index (χ0n) is 23.4. The highest BCUT2D eigenvalue weighted by molar-refractivity contribution is 5.92. The quantitative estimate of drug-likeness (QED) is 0.0851. The molecule has 0 aliphatic heterocycles. The van der Waals surface area contributed by atoms with Gasteiger partial charge in [-0.25, -0.2) is 19.4 Å². The molecule has 0 saturated carbocycles. The molecule has 0 aliphatic rings. The van der Waals surface area contributed by atoms with Gasteiger partial charge in [-0.2, -0.15) is 0 Å². The number of aromatic nitrogens is 2. The number of benzene rings is 3. The molecule has 4 rings (SSSR count). The lowest BCUT2D eigenvalue weighted by Crippen LogP contribution is -2.28. The molecule has 0 aliphatic carbocycles. The highest BCUT2D eigenvalue weighted by Gasteiger charge is 2.18. The van der Waals surface area contributed by atoms with Gasteiger partial charge in [0.25, 0.3) is 11.2 Å². The van der Waals surface area contributed by atoms with Gasteiger partial charge in [0, 0.05) is 24.2 Å². The van der Waals surface area contributed by atoms with E-state index in [-0.39, 0.29) is 41.5 Å². The highest BCUT2D eigenvalue weighted by Crippen LogP contribution is 2.18. The van der Waals surface area contributed by atoms with Gasteiger partial charge in [0.2, 0.25) is 0 Å². The first-order valence-corrected chi connectivity index (χ1v) is 13.1. The van der Waals surface area contributed by atoms with E-state index in [1.54, 1.807) is 54.6 Å². The first-order chi connectivity index (χ1) is 21.3. The van der Waals surface area contributed by atoms with Crippen LogP contribution in [-0.2, 0) is 32.2 Å². The van der Waals surface area contributed by atoms with Crippen LogP contribution in [0.5, 0.6) is 0 Å². The van der Waals surface area contributed by atoms with Gasteiger partial charge in [0.05, 0.1) is 29.4 Å². The van der Waals surface area contributed by atoms with Gasteiger partial charge in [0.1, 0.15) is 24.7 Å². The Kier molecular flexibility index (Phi) is 10.3. The molecule has 0 radical (unpaired) electrons. The predicted octanol–water partition coefficient (Wildman–Crippen LogP) is 4.52. The third-order valence-corrected chi connectivity index (χ3v) is 6.17. The number of hydrogen-bond donors (Lipinski definition) is 1. The Morgan fingerprint density at radius 3 is 2.25 bits per heavy atom. The normalized spacial score (nSPS) is 10.9. The van der Waals surface area contributed by atoms with Crippen LogP contribution in [0.15, 0.2) is 108 Å². The molecule has 1 amide bonds. The topological polar surface area (TPSA) is 169 Å². The number of non-ortho nitro benzene ring substituents is 1. The molecule has 13 heteroatoms. The summed E-state index contributed by atoms with van der Waals surface area (Å²) in [6.45, 7) is -0.751. The second-order valence-electron chi connectivity index (χ2n) is 9.07. The van der Waals surface area contributed by atoms with Gasteiger partial charge in [-0.05, 0) is 17.7 Å². The molecule has 0 unspecified atom stereocenters. The van der Waals surface area contributed by atoms with Gasteiger partial charge in [-0.15, -0.1) is 0 Å². The summed E-state index contributed by atoms with van der Waals surface area (Å²) in [7, 11) is 1.14. The van der Waals surface area contributed by atoms with Crippen LogP contribution in [-0.4, -0.2) is 46.2 Å². The number of allylic oxidation sites excluding steroid dienone is 1. The van der Waals surface area contributed by atoms with E-state index in [0.29, 0.717) is 5.56 Å². The molecule has 4 aromatic rings. The lowest BCUT2D eigenvalue weighted by atomic mass is 10.2. The van der Waals surface area contributed by atoms with Gasteiger partial charge < -0.3 is 14.2 Å². The third-order valence-electron chi connectivity index (χ3n) is 6.17. The van der Waals surface area contributed by atoms with E-state index in [0.717, 1.165) is 24.8 Å². The van der Waals surface area contributed by atoms with Crippen molar-refractivity contribution >= 4 is 29.4 Å². The average Bonchev–Trinajstić information content (AvgIpc) is 3.05. The van der Waals surface area contributed by atoms with Crippen molar-refractivity contribution in [2.45, 2.75) is 13.2 Å². The number of ether oxygens (including phenoxy) is 3. The zero-order valence-corrected chi connectivity index (χ0v) is 23.4. The number of nitro benzene ring substituents is 1. The number of methoxy groups -OCH3 is 1. The largest absolute Gasteiger partial charge is 0.466 e. The number of nitrogens with one attached hydrogen (secondary N) is 1. The fourth-order valence-electron chi connectivity index (χ4n) is 3.91. The molecule has 0 fully saturated rings. The molecule has 13 nitrogen and oxygen atoms in total. The average molecular weight is 599 g/mol. The number of nitrogens with zero attached hydrogens (tertiary/aromatic N) is 3.